The molecule has 1 aliphatic heterocycles. The number of sulfonamides is 1. The van der Waals surface area contributed by atoms with E-state index in [4.69, 9.17) is 16.3 Å². The van der Waals surface area contributed by atoms with Gasteiger partial charge < -0.3 is 20.7 Å². The summed E-state index contributed by atoms with van der Waals surface area (Å²) in [5, 5.41) is 8.32. The van der Waals surface area contributed by atoms with Gasteiger partial charge >= 0.3 is 6.09 Å². The highest BCUT2D eigenvalue weighted by Crippen LogP contribution is 2.33. The highest BCUT2D eigenvalue weighted by molar-refractivity contribution is 7.89. The zero-order chi connectivity index (χ0) is 36.9. The van der Waals surface area contributed by atoms with Gasteiger partial charge in [0.05, 0.1) is 12.1 Å². The van der Waals surface area contributed by atoms with E-state index < -0.39 is 69.3 Å². The van der Waals surface area contributed by atoms with E-state index in [-0.39, 0.29) is 51.7 Å². The summed E-state index contributed by atoms with van der Waals surface area (Å²) >= 11 is 6.28. The minimum atomic E-state index is -4.06. The van der Waals surface area contributed by atoms with E-state index >= 15 is 4.39 Å². The highest BCUT2D eigenvalue weighted by Gasteiger charge is 2.39. The molecule has 0 unspecified atom stereocenters. The lowest BCUT2D eigenvalue weighted by atomic mass is 9.84. The maximum absolute atomic E-state index is 15.5. The van der Waals surface area contributed by atoms with Crippen LogP contribution in [-0.4, -0.2) is 63.0 Å². The summed E-state index contributed by atoms with van der Waals surface area (Å²) in [4.78, 5) is 26.6. The molecule has 1 heterocycles. The van der Waals surface area contributed by atoms with Crippen LogP contribution in [0.3, 0.4) is 0 Å². The number of carbonyl (C=O) groups is 2. The number of methoxy groups -OCH3 is 1. The van der Waals surface area contributed by atoms with Crippen molar-refractivity contribution in [2.24, 2.45) is 0 Å². The van der Waals surface area contributed by atoms with Crippen molar-refractivity contribution in [3.63, 3.8) is 0 Å². The molecule has 0 aliphatic carbocycles. The van der Waals surface area contributed by atoms with Crippen molar-refractivity contribution in [2.45, 2.75) is 48.7 Å². The van der Waals surface area contributed by atoms with Crippen molar-refractivity contribution in [1.82, 2.24) is 14.9 Å². The monoisotopic (exact) mass is 746 g/mol. The number of carbonyl (C=O) groups excluding carboxylic acids is 2. The van der Waals surface area contributed by atoms with Gasteiger partial charge in [-0.05, 0) is 79.4 Å². The number of anilines is 1. The van der Waals surface area contributed by atoms with Gasteiger partial charge in [-0.15, -0.1) is 0 Å². The number of ether oxygens (including phenoxy) is 1. The molecule has 4 aromatic carbocycles. The van der Waals surface area contributed by atoms with E-state index in [9.17, 15) is 31.2 Å². The van der Waals surface area contributed by atoms with Crippen molar-refractivity contribution in [3.05, 3.63) is 130 Å². The van der Waals surface area contributed by atoms with Crippen LogP contribution < -0.4 is 16.0 Å². The predicted molar refractivity (Wildman–Crippen MR) is 184 cm³/mol. The van der Waals surface area contributed by atoms with E-state index in [2.05, 4.69) is 16.0 Å². The fourth-order valence-electron chi connectivity index (χ4n) is 6.37. The summed E-state index contributed by atoms with van der Waals surface area (Å²) in [6.45, 7) is 2.39. The molecule has 9 nitrogen and oxygen atoms in total. The Morgan fingerprint density at radius 3 is 2.27 bits per heavy atom. The van der Waals surface area contributed by atoms with E-state index in [1.165, 1.54) is 46.8 Å². The number of piperazine rings is 1. The minimum Gasteiger partial charge on any atom is -0.453 e. The minimum absolute atomic E-state index is 0.0114. The second kappa shape index (κ2) is 16.2. The third kappa shape index (κ3) is 8.70. The fraction of sp³-hybridized carbons (Fsp3) is 0.278. The normalized spacial score (nSPS) is 17.7. The van der Waals surface area contributed by atoms with Gasteiger partial charge in [-0.3, -0.25) is 4.79 Å². The SMILES string of the molecule is COC(=O)N[C@H](C(=O)Nc1cccc(F)c1CC[C@H]1CNC[C@@H](C)N1S(=O)(=O)c1ccccc1Cl)[C@@H](c1ccc(F)cc1)c1cc(F)cc(F)c1. The van der Waals surface area contributed by atoms with Gasteiger partial charge in [-0.25, -0.2) is 30.8 Å². The van der Waals surface area contributed by atoms with Crippen LogP contribution in [0, 0.1) is 23.3 Å². The molecular formula is C36H35ClF4N4O5S. The topological polar surface area (TPSA) is 117 Å². The first-order chi connectivity index (χ1) is 24.3. The highest BCUT2D eigenvalue weighted by atomic mass is 35.5. The van der Waals surface area contributed by atoms with Crippen LogP contribution in [0.1, 0.15) is 36.0 Å². The van der Waals surface area contributed by atoms with Crippen molar-refractivity contribution in [1.29, 1.82) is 0 Å². The molecule has 0 radical (unpaired) electrons. The number of hydrogen-bond acceptors (Lipinski definition) is 6. The molecule has 4 aromatic rings. The molecule has 1 aliphatic rings. The Hall–Kier alpha value is -4.50. The van der Waals surface area contributed by atoms with Crippen LogP contribution in [0.5, 0.6) is 0 Å². The zero-order valence-electron chi connectivity index (χ0n) is 27.5. The van der Waals surface area contributed by atoms with Crippen LogP contribution in [-0.2, 0) is 26.0 Å². The van der Waals surface area contributed by atoms with Gasteiger partial charge in [0, 0.05) is 48.4 Å². The molecule has 0 aromatic heterocycles. The second-order valence-electron chi connectivity index (χ2n) is 12.1. The Morgan fingerprint density at radius 2 is 1.61 bits per heavy atom. The number of nitrogens with zero attached hydrogens (tertiary/aromatic N) is 1. The Morgan fingerprint density at radius 1 is 0.922 bits per heavy atom. The van der Waals surface area contributed by atoms with Crippen LogP contribution >= 0.6 is 11.6 Å². The van der Waals surface area contributed by atoms with Crippen LogP contribution in [0.15, 0.2) is 89.8 Å². The average Bonchev–Trinajstić information content (AvgIpc) is 3.08. The van der Waals surface area contributed by atoms with Crippen molar-refractivity contribution >= 4 is 39.3 Å². The molecule has 0 saturated carbocycles. The summed E-state index contributed by atoms with van der Waals surface area (Å²) in [6, 6.07) is 14.7. The van der Waals surface area contributed by atoms with Crippen LogP contribution in [0.25, 0.3) is 0 Å². The molecule has 270 valence electrons. The lowest BCUT2D eigenvalue weighted by Gasteiger charge is -2.40. The number of alkyl carbamates (subject to hydrolysis) is 1. The lowest BCUT2D eigenvalue weighted by molar-refractivity contribution is -0.118. The maximum atomic E-state index is 15.5. The number of hydrogen-bond donors (Lipinski definition) is 3. The average molecular weight is 747 g/mol. The molecule has 51 heavy (non-hydrogen) atoms. The summed E-state index contributed by atoms with van der Waals surface area (Å²) in [5.74, 6) is -5.41. The molecule has 0 bridgehead atoms. The summed E-state index contributed by atoms with van der Waals surface area (Å²) in [6.07, 6.45) is -0.950. The number of halogens is 5. The Balaban J connectivity index is 1.47. The van der Waals surface area contributed by atoms with Crippen molar-refractivity contribution < 1.29 is 40.3 Å². The first kappa shape index (κ1) is 37.7. The Bertz CT molecular complexity index is 1980. The molecule has 4 atom stereocenters. The van der Waals surface area contributed by atoms with E-state index in [0.29, 0.717) is 12.6 Å². The molecule has 3 N–H and O–H groups in total. The molecule has 5 rings (SSSR count). The van der Waals surface area contributed by atoms with Crippen molar-refractivity contribution in [3.8, 4) is 0 Å². The smallest absolute Gasteiger partial charge is 0.407 e. The Labute approximate surface area is 298 Å². The molecule has 15 heteroatoms. The quantitative estimate of drug-likeness (QED) is 0.154. The van der Waals surface area contributed by atoms with Gasteiger partial charge in [0.1, 0.15) is 34.2 Å². The summed E-state index contributed by atoms with van der Waals surface area (Å²) in [7, 11) is -3.01. The Kier molecular flexibility index (Phi) is 12.0. The van der Waals surface area contributed by atoms with Gasteiger partial charge in [-0.1, -0.05) is 41.9 Å². The largest absolute Gasteiger partial charge is 0.453 e. The van der Waals surface area contributed by atoms with Crippen LogP contribution in [0.2, 0.25) is 5.02 Å². The predicted octanol–water partition coefficient (Wildman–Crippen LogP) is 6.38. The summed E-state index contributed by atoms with van der Waals surface area (Å²) < 4.78 is 92.2. The first-order valence-corrected chi connectivity index (χ1v) is 17.7. The number of amides is 2. The van der Waals surface area contributed by atoms with Gasteiger partial charge in [0.2, 0.25) is 15.9 Å². The third-order valence-corrected chi connectivity index (χ3v) is 11.2. The van der Waals surface area contributed by atoms with Crippen LogP contribution in [0.4, 0.5) is 28.0 Å². The molecule has 2 amide bonds. The number of benzene rings is 4. The lowest BCUT2D eigenvalue weighted by Crippen LogP contribution is -2.58. The van der Waals surface area contributed by atoms with E-state index in [0.717, 1.165) is 31.4 Å². The third-order valence-electron chi connectivity index (χ3n) is 8.66. The van der Waals surface area contributed by atoms with Gasteiger partial charge in [-0.2, -0.15) is 4.31 Å². The first-order valence-electron chi connectivity index (χ1n) is 15.9. The molecule has 1 saturated heterocycles. The number of nitrogens with one attached hydrogen (secondary N) is 3. The van der Waals surface area contributed by atoms with E-state index in [1.807, 2.05) is 0 Å². The number of rotatable bonds is 11. The van der Waals surface area contributed by atoms with Gasteiger partial charge in [0.15, 0.2) is 0 Å². The van der Waals surface area contributed by atoms with Crippen molar-refractivity contribution in [2.75, 3.05) is 25.5 Å². The summed E-state index contributed by atoms with van der Waals surface area (Å²) in [5.41, 5.74) is 0.216. The maximum Gasteiger partial charge on any atom is 0.407 e. The fourth-order valence-corrected chi connectivity index (χ4v) is 8.71. The zero-order valence-corrected chi connectivity index (χ0v) is 29.1. The molecule has 0 spiro atoms. The second-order valence-corrected chi connectivity index (χ2v) is 14.3. The molecule has 1 fully saturated rings. The molecular weight excluding hydrogens is 712 g/mol. The van der Waals surface area contributed by atoms with Gasteiger partial charge in [0.25, 0.3) is 0 Å². The van der Waals surface area contributed by atoms with E-state index in [1.54, 1.807) is 19.1 Å². The standard InChI is InChI=1S/C36H35ClF4N4O5S/c1-21-19-42-20-27(45(21)51(48,49)32-9-4-3-6-29(32)37)14-15-28-30(41)7-5-8-31(28)43-35(46)34(44-36(47)50-2)33(22-10-12-24(38)13-11-22)23-16-25(39)18-26(40)17-23/h3-13,16-18,21,27,33-34,42H,14-15,19-20H2,1-2H3,(H,43,46)(H,44,47)/t21-,27+,33+,34+/m1/s1.